The molecule has 0 radical (unpaired) electrons. The summed E-state index contributed by atoms with van der Waals surface area (Å²) >= 11 is 8.23. The second-order valence-corrected chi connectivity index (χ2v) is 7.12. The highest BCUT2D eigenvalue weighted by Crippen LogP contribution is 2.28. The van der Waals surface area contributed by atoms with Crippen LogP contribution in [0.15, 0.2) is 56.3 Å². The number of rotatable bonds is 5. The molecule has 0 amide bonds. The summed E-state index contributed by atoms with van der Waals surface area (Å²) in [4.78, 5) is 1.10. The van der Waals surface area contributed by atoms with Crippen molar-refractivity contribution in [3.05, 3.63) is 62.8 Å². The van der Waals surface area contributed by atoms with Gasteiger partial charge in [-0.1, -0.05) is 18.2 Å². The molecule has 0 bridgehead atoms. The molecule has 2 rings (SSSR count). The molecule has 5 heteroatoms. The molecule has 0 aliphatic rings. The normalized spacial score (nSPS) is 12.4. The quantitative estimate of drug-likeness (QED) is 0.684. The summed E-state index contributed by atoms with van der Waals surface area (Å²) in [6.07, 6.45) is 0.0422. The van der Waals surface area contributed by atoms with Crippen LogP contribution in [-0.2, 0) is 6.42 Å². The zero-order valence-electron chi connectivity index (χ0n) is 10.5. The van der Waals surface area contributed by atoms with Gasteiger partial charge in [-0.05, 0) is 68.1 Å². The van der Waals surface area contributed by atoms with Gasteiger partial charge in [0.25, 0.3) is 0 Å². The lowest BCUT2D eigenvalue weighted by atomic mass is 10.1. The van der Waals surface area contributed by atoms with Crippen molar-refractivity contribution in [2.45, 2.75) is 17.4 Å². The van der Waals surface area contributed by atoms with Crippen LogP contribution in [0.2, 0.25) is 0 Å². The minimum Gasteiger partial charge on any atom is -0.392 e. The van der Waals surface area contributed by atoms with E-state index in [0.29, 0.717) is 16.6 Å². The standard InChI is InChI=1S/C15H13Br2FOS/c16-12-3-1-2-4-15(12)20-9-11(19)7-10-5-6-14(18)13(17)8-10/h1-6,8,11,19H,7,9H2. The maximum absolute atomic E-state index is 13.1. The SMILES string of the molecule is OC(CSc1ccccc1Br)Cc1ccc(F)c(Br)c1. The van der Waals surface area contributed by atoms with Gasteiger partial charge < -0.3 is 5.11 Å². The molecule has 1 atom stereocenters. The second-order valence-electron chi connectivity index (χ2n) is 4.35. The Morgan fingerprint density at radius 1 is 1.10 bits per heavy atom. The van der Waals surface area contributed by atoms with Crippen LogP contribution >= 0.6 is 43.6 Å². The predicted molar refractivity (Wildman–Crippen MR) is 88.7 cm³/mol. The minimum absolute atomic E-state index is 0.286. The van der Waals surface area contributed by atoms with Gasteiger partial charge >= 0.3 is 0 Å². The summed E-state index contributed by atoms with van der Waals surface area (Å²) < 4.78 is 14.6. The topological polar surface area (TPSA) is 20.2 Å². The number of aliphatic hydroxyl groups excluding tert-OH is 1. The molecular formula is C15H13Br2FOS. The Labute approximate surface area is 138 Å². The lowest BCUT2D eigenvalue weighted by Gasteiger charge is -2.11. The third-order valence-electron chi connectivity index (χ3n) is 2.72. The molecule has 106 valence electrons. The maximum atomic E-state index is 13.1. The van der Waals surface area contributed by atoms with Crippen molar-refractivity contribution in [1.29, 1.82) is 0 Å². The molecule has 0 aliphatic carbocycles. The van der Waals surface area contributed by atoms with Crippen LogP contribution in [0.25, 0.3) is 0 Å². The first-order valence-corrected chi connectivity index (χ1v) is 8.62. The van der Waals surface area contributed by atoms with Crippen molar-refractivity contribution in [3.63, 3.8) is 0 Å². The summed E-state index contributed by atoms with van der Waals surface area (Å²) in [7, 11) is 0. The minimum atomic E-state index is -0.468. The molecule has 0 fully saturated rings. The van der Waals surface area contributed by atoms with Gasteiger partial charge in [0.05, 0.1) is 10.6 Å². The average Bonchev–Trinajstić information content (AvgIpc) is 2.42. The van der Waals surface area contributed by atoms with Crippen LogP contribution in [-0.4, -0.2) is 17.0 Å². The maximum Gasteiger partial charge on any atom is 0.137 e. The molecule has 0 heterocycles. The van der Waals surface area contributed by atoms with E-state index in [9.17, 15) is 9.50 Å². The van der Waals surface area contributed by atoms with Crippen molar-refractivity contribution in [1.82, 2.24) is 0 Å². The smallest absolute Gasteiger partial charge is 0.137 e. The Bertz CT molecular complexity index is 592. The highest BCUT2D eigenvalue weighted by Gasteiger charge is 2.09. The molecule has 0 saturated carbocycles. The van der Waals surface area contributed by atoms with E-state index in [1.54, 1.807) is 23.9 Å². The van der Waals surface area contributed by atoms with E-state index in [1.807, 2.05) is 24.3 Å². The van der Waals surface area contributed by atoms with Crippen molar-refractivity contribution >= 4 is 43.6 Å². The van der Waals surface area contributed by atoms with Crippen LogP contribution in [0, 0.1) is 5.82 Å². The fraction of sp³-hybridized carbons (Fsp3) is 0.200. The fourth-order valence-electron chi connectivity index (χ4n) is 1.75. The van der Waals surface area contributed by atoms with Crippen molar-refractivity contribution in [3.8, 4) is 0 Å². The third kappa shape index (κ3) is 4.58. The number of aliphatic hydroxyl groups is 1. The lowest BCUT2D eigenvalue weighted by Crippen LogP contribution is -2.13. The van der Waals surface area contributed by atoms with Crippen molar-refractivity contribution in [2.24, 2.45) is 0 Å². The van der Waals surface area contributed by atoms with Crippen LogP contribution in [0.3, 0.4) is 0 Å². The van der Waals surface area contributed by atoms with E-state index >= 15 is 0 Å². The predicted octanol–water partition coefficient (Wildman–Crippen LogP) is 5.05. The highest BCUT2D eigenvalue weighted by molar-refractivity contribution is 9.10. The Morgan fingerprint density at radius 3 is 2.55 bits per heavy atom. The summed E-state index contributed by atoms with van der Waals surface area (Å²) in [5.41, 5.74) is 0.915. The number of hydrogen-bond acceptors (Lipinski definition) is 2. The molecule has 0 aromatic heterocycles. The third-order valence-corrected chi connectivity index (χ3v) is 5.50. The zero-order valence-corrected chi connectivity index (χ0v) is 14.5. The van der Waals surface area contributed by atoms with Crippen LogP contribution in [0.4, 0.5) is 4.39 Å². The molecule has 20 heavy (non-hydrogen) atoms. The number of thioether (sulfide) groups is 1. The average molecular weight is 420 g/mol. The van der Waals surface area contributed by atoms with E-state index in [-0.39, 0.29) is 5.82 Å². The van der Waals surface area contributed by atoms with Crippen LogP contribution in [0.5, 0.6) is 0 Å². The molecule has 0 saturated heterocycles. The summed E-state index contributed by atoms with van der Waals surface area (Å²) in [5.74, 6) is 0.309. The molecule has 1 nitrogen and oxygen atoms in total. The Balaban J connectivity index is 1.91. The lowest BCUT2D eigenvalue weighted by molar-refractivity contribution is 0.200. The molecule has 0 aliphatic heterocycles. The van der Waals surface area contributed by atoms with Crippen LogP contribution < -0.4 is 0 Å². The molecule has 0 spiro atoms. The van der Waals surface area contributed by atoms with Gasteiger partial charge in [-0.2, -0.15) is 0 Å². The zero-order chi connectivity index (χ0) is 14.5. The van der Waals surface area contributed by atoms with Crippen molar-refractivity contribution in [2.75, 3.05) is 5.75 Å². The molecular weight excluding hydrogens is 407 g/mol. The van der Waals surface area contributed by atoms with Gasteiger partial charge in [0.2, 0.25) is 0 Å². The number of hydrogen-bond donors (Lipinski definition) is 1. The van der Waals surface area contributed by atoms with Gasteiger partial charge in [-0.25, -0.2) is 4.39 Å². The molecule has 2 aromatic carbocycles. The van der Waals surface area contributed by atoms with E-state index in [2.05, 4.69) is 31.9 Å². The Morgan fingerprint density at radius 2 is 1.85 bits per heavy atom. The van der Waals surface area contributed by atoms with Gasteiger partial charge in [0.15, 0.2) is 0 Å². The van der Waals surface area contributed by atoms with Gasteiger partial charge in [0, 0.05) is 15.1 Å². The first-order valence-electron chi connectivity index (χ1n) is 6.05. The summed E-state index contributed by atoms with van der Waals surface area (Å²) in [5, 5.41) is 10.1. The van der Waals surface area contributed by atoms with E-state index in [4.69, 9.17) is 0 Å². The second kappa shape index (κ2) is 7.59. The highest BCUT2D eigenvalue weighted by atomic mass is 79.9. The van der Waals surface area contributed by atoms with Gasteiger partial charge in [-0.15, -0.1) is 11.8 Å². The molecule has 1 N–H and O–H groups in total. The van der Waals surface area contributed by atoms with E-state index in [0.717, 1.165) is 14.9 Å². The molecule has 2 aromatic rings. The number of halogens is 3. The molecule has 1 unspecified atom stereocenters. The van der Waals surface area contributed by atoms with Crippen molar-refractivity contribution < 1.29 is 9.50 Å². The fourth-order valence-corrected chi connectivity index (χ4v) is 3.67. The summed E-state index contributed by atoms with van der Waals surface area (Å²) in [6, 6.07) is 12.7. The Hall–Kier alpha value is -0.360. The Kier molecular flexibility index (Phi) is 6.08. The monoisotopic (exact) mass is 418 g/mol. The first-order chi connectivity index (χ1) is 9.56. The van der Waals surface area contributed by atoms with Gasteiger partial charge in [0.1, 0.15) is 5.82 Å². The largest absolute Gasteiger partial charge is 0.392 e. The number of benzene rings is 2. The first kappa shape index (κ1) is 16.0. The van der Waals surface area contributed by atoms with E-state index in [1.165, 1.54) is 6.07 Å². The van der Waals surface area contributed by atoms with Gasteiger partial charge in [-0.3, -0.25) is 0 Å². The summed E-state index contributed by atoms with van der Waals surface area (Å²) in [6.45, 7) is 0. The van der Waals surface area contributed by atoms with Crippen LogP contribution in [0.1, 0.15) is 5.56 Å². The van der Waals surface area contributed by atoms with E-state index < -0.39 is 6.10 Å².